The molecule has 0 radical (unpaired) electrons. The molecular formula is C15H15F3N4O. The average Bonchev–Trinajstić information content (AvgIpc) is 2.79. The molecule has 0 spiro atoms. The maximum atomic E-state index is 12.4. The van der Waals surface area contributed by atoms with Crippen molar-refractivity contribution in [2.45, 2.75) is 18.6 Å². The summed E-state index contributed by atoms with van der Waals surface area (Å²) in [5.74, 6) is 0.440. The third kappa shape index (κ3) is 3.15. The van der Waals surface area contributed by atoms with Gasteiger partial charge < -0.3 is 10.5 Å². The Balaban J connectivity index is 1.87. The number of nitrogens with two attached hydrogens (primary N) is 1. The second kappa shape index (κ2) is 5.60. The summed E-state index contributed by atoms with van der Waals surface area (Å²) in [7, 11) is 1.81. The highest BCUT2D eigenvalue weighted by Gasteiger charge is 2.32. The molecule has 122 valence electrons. The van der Waals surface area contributed by atoms with E-state index >= 15 is 0 Å². The van der Waals surface area contributed by atoms with E-state index < -0.39 is 12.8 Å². The van der Waals surface area contributed by atoms with E-state index in [2.05, 4.69) is 10.1 Å². The molecule has 0 aromatic carbocycles. The fraction of sp³-hybridized carbons (Fsp3) is 0.333. The number of pyridine rings is 1. The Morgan fingerprint density at radius 2 is 2.17 bits per heavy atom. The lowest BCUT2D eigenvalue weighted by Gasteiger charge is -2.25. The molecule has 23 heavy (non-hydrogen) atoms. The molecule has 2 N–H and O–H groups in total. The van der Waals surface area contributed by atoms with Crippen LogP contribution in [0, 0.1) is 0 Å². The number of allylic oxidation sites excluding steroid dienone is 2. The predicted octanol–water partition coefficient (Wildman–Crippen LogP) is 2.32. The first kappa shape index (κ1) is 15.4. The number of amidine groups is 1. The lowest BCUT2D eigenvalue weighted by atomic mass is 9.89. The quantitative estimate of drug-likeness (QED) is 0.927. The SMILES string of the molecule is CN1N=C(N)C2=CC=C(c3cccnc3OCC(F)(F)F)CC21. The highest BCUT2D eigenvalue weighted by atomic mass is 19.4. The molecular weight excluding hydrogens is 309 g/mol. The number of halogens is 3. The molecule has 5 nitrogen and oxygen atoms in total. The molecule has 1 unspecified atom stereocenters. The molecule has 0 saturated carbocycles. The molecule has 1 aliphatic heterocycles. The highest BCUT2D eigenvalue weighted by molar-refractivity contribution is 6.01. The lowest BCUT2D eigenvalue weighted by Crippen LogP contribution is -2.27. The monoisotopic (exact) mass is 324 g/mol. The fourth-order valence-corrected chi connectivity index (χ4v) is 2.67. The largest absolute Gasteiger partial charge is 0.468 e. The van der Waals surface area contributed by atoms with Crippen molar-refractivity contribution in [1.82, 2.24) is 9.99 Å². The zero-order valence-corrected chi connectivity index (χ0v) is 12.3. The number of fused-ring (bicyclic) bond motifs is 1. The maximum absolute atomic E-state index is 12.4. The van der Waals surface area contributed by atoms with Gasteiger partial charge in [-0.3, -0.25) is 5.01 Å². The molecule has 2 aliphatic rings. The van der Waals surface area contributed by atoms with Gasteiger partial charge in [0.15, 0.2) is 6.61 Å². The van der Waals surface area contributed by atoms with Gasteiger partial charge in [0.05, 0.1) is 6.04 Å². The van der Waals surface area contributed by atoms with Gasteiger partial charge in [-0.15, -0.1) is 0 Å². The Bertz CT molecular complexity index is 709. The minimum atomic E-state index is -4.41. The summed E-state index contributed by atoms with van der Waals surface area (Å²) < 4.78 is 42.0. The van der Waals surface area contributed by atoms with E-state index in [0.29, 0.717) is 17.8 Å². The molecule has 3 rings (SSSR count). The van der Waals surface area contributed by atoms with Crippen LogP contribution >= 0.6 is 0 Å². The summed E-state index contributed by atoms with van der Waals surface area (Å²) in [6.07, 6.45) is 1.23. The molecule has 8 heteroatoms. The summed E-state index contributed by atoms with van der Waals surface area (Å²) >= 11 is 0. The maximum Gasteiger partial charge on any atom is 0.422 e. The van der Waals surface area contributed by atoms with E-state index in [1.165, 1.54) is 6.20 Å². The Morgan fingerprint density at radius 3 is 2.91 bits per heavy atom. The minimum Gasteiger partial charge on any atom is -0.468 e. The van der Waals surface area contributed by atoms with E-state index in [0.717, 1.165) is 11.1 Å². The first-order valence-corrected chi connectivity index (χ1v) is 6.98. The van der Waals surface area contributed by atoms with Crippen LogP contribution < -0.4 is 10.5 Å². The lowest BCUT2D eigenvalue weighted by molar-refractivity contribution is -0.154. The van der Waals surface area contributed by atoms with E-state index in [-0.39, 0.29) is 11.9 Å². The van der Waals surface area contributed by atoms with E-state index in [9.17, 15) is 13.2 Å². The van der Waals surface area contributed by atoms with Crippen LogP contribution in [0.15, 0.2) is 41.2 Å². The third-order valence-corrected chi connectivity index (χ3v) is 3.74. The predicted molar refractivity (Wildman–Crippen MR) is 79.6 cm³/mol. The van der Waals surface area contributed by atoms with Gasteiger partial charge in [0, 0.05) is 24.4 Å². The fourth-order valence-electron chi connectivity index (χ4n) is 2.67. The first-order valence-electron chi connectivity index (χ1n) is 6.98. The average molecular weight is 324 g/mol. The molecule has 0 saturated heterocycles. The van der Waals surface area contributed by atoms with E-state index in [1.54, 1.807) is 17.1 Å². The Morgan fingerprint density at radius 1 is 1.39 bits per heavy atom. The topological polar surface area (TPSA) is 63.7 Å². The Hall–Kier alpha value is -2.51. The number of hydrogen-bond acceptors (Lipinski definition) is 5. The van der Waals surface area contributed by atoms with Crippen molar-refractivity contribution in [3.8, 4) is 5.88 Å². The summed E-state index contributed by atoms with van der Waals surface area (Å²) in [5, 5.41) is 5.93. The third-order valence-electron chi connectivity index (χ3n) is 3.74. The van der Waals surface area contributed by atoms with Gasteiger partial charge in [0.2, 0.25) is 5.88 Å². The molecule has 0 bridgehead atoms. The van der Waals surface area contributed by atoms with Crippen LogP contribution in [0.4, 0.5) is 13.2 Å². The van der Waals surface area contributed by atoms with Gasteiger partial charge in [0.1, 0.15) is 5.84 Å². The number of likely N-dealkylation sites (N-methyl/N-ethyl adjacent to an activating group) is 1. The Labute approximate surface area is 130 Å². The summed E-state index contributed by atoms with van der Waals surface area (Å²) in [6.45, 7) is -1.37. The molecule has 0 fully saturated rings. The van der Waals surface area contributed by atoms with Crippen LogP contribution in [0.1, 0.15) is 12.0 Å². The van der Waals surface area contributed by atoms with Crippen LogP contribution in [0.3, 0.4) is 0 Å². The normalized spacial score (nSPS) is 20.6. The zero-order chi connectivity index (χ0) is 16.6. The van der Waals surface area contributed by atoms with Crippen molar-refractivity contribution in [3.05, 3.63) is 41.6 Å². The van der Waals surface area contributed by atoms with Gasteiger partial charge in [0.25, 0.3) is 0 Å². The van der Waals surface area contributed by atoms with E-state index in [1.807, 2.05) is 19.2 Å². The standard InChI is InChI=1S/C15H15F3N4O/c1-22-12-7-9(4-5-11(12)13(19)21-22)10-3-2-6-20-14(10)23-8-15(16,17)18/h2-6,12H,7-8H2,1H3,(H2,19,21). The number of rotatable bonds is 3. The van der Waals surface area contributed by atoms with Crippen molar-refractivity contribution < 1.29 is 17.9 Å². The number of ether oxygens (including phenoxy) is 1. The van der Waals surface area contributed by atoms with Crippen molar-refractivity contribution >= 4 is 11.4 Å². The summed E-state index contributed by atoms with van der Waals surface area (Å²) in [6, 6.07) is 3.34. The summed E-state index contributed by atoms with van der Waals surface area (Å²) in [4.78, 5) is 3.93. The van der Waals surface area contributed by atoms with Gasteiger partial charge >= 0.3 is 6.18 Å². The highest BCUT2D eigenvalue weighted by Crippen LogP contribution is 2.35. The molecule has 1 aromatic rings. The van der Waals surface area contributed by atoms with Crippen molar-refractivity contribution in [3.63, 3.8) is 0 Å². The van der Waals surface area contributed by atoms with Crippen LogP contribution in [-0.2, 0) is 0 Å². The number of hydrazone groups is 1. The number of nitrogens with zero attached hydrogens (tertiary/aromatic N) is 3. The second-order valence-corrected chi connectivity index (χ2v) is 5.35. The van der Waals surface area contributed by atoms with Crippen molar-refractivity contribution in [2.75, 3.05) is 13.7 Å². The smallest absolute Gasteiger partial charge is 0.422 e. The van der Waals surface area contributed by atoms with Crippen LogP contribution in [0.5, 0.6) is 5.88 Å². The minimum absolute atomic E-state index is 0.0225. The van der Waals surface area contributed by atoms with Gasteiger partial charge in [-0.1, -0.05) is 12.2 Å². The van der Waals surface area contributed by atoms with Crippen molar-refractivity contribution in [1.29, 1.82) is 0 Å². The Kier molecular flexibility index (Phi) is 3.75. The molecule has 0 amide bonds. The molecule has 1 aromatic heterocycles. The van der Waals surface area contributed by atoms with Gasteiger partial charge in [-0.05, 0) is 24.1 Å². The van der Waals surface area contributed by atoms with Crippen LogP contribution in [0.25, 0.3) is 5.57 Å². The van der Waals surface area contributed by atoms with Crippen molar-refractivity contribution in [2.24, 2.45) is 10.8 Å². The van der Waals surface area contributed by atoms with Gasteiger partial charge in [-0.25, -0.2) is 4.98 Å². The molecule has 1 aliphatic carbocycles. The molecule has 1 atom stereocenters. The number of aromatic nitrogens is 1. The number of alkyl halides is 3. The van der Waals surface area contributed by atoms with E-state index in [4.69, 9.17) is 10.5 Å². The van der Waals surface area contributed by atoms with Crippen LogP contribution in [0.2, 0.25) is 0 Å². The summed E-state index contributed by atoms with van der Waals surface area (Å²) in [5.41, 5.74) is 8.13. The van der Waals surface area contributed by atoms with Gasteiger partial charge in [-0.2, -0.15) is 18.3 Å². The second-order valence-electron chi connectivity index (χ2n) is 5.35. The number of hydrogen-bond donors (Lipinski definition) is 1. The first-order chi connectivity index (χ1) is 10.8. The van der Waals surface area contributed by atoms with Crippen LogP contribution in [-0.4, -0.2) is 41.7 Å². The zero-order valence-electron chi connectivity index (χ0n) is 12.3. The molecule has 2 heterocycles.